The molecule has 1 aliphatic heterocycles. The van der Waals surface area contributed by atoms with Crippen LogP contribution < -0.4 is 0 Å². The van der Waals surface area contributed by atoms with Gasteiger partial charge in [0.1, 0.15) is 5.60 Å². The van der Waals surface area contributed by atoms with Gasteiger partial charge in [-0.25, -0.2) is 0 Å². The van der Waals surface area contributed by atoms with Crippen molar-refractivity contribution in [1.82, 2.24) is 0 Å². The Labute approximate surface area is 167 Å². The molecule has 27 heavy (non-hydrogen) atoms. The molecule has 1 N–H and O–H groups in total. The standard InChI is InChI=1S/C20H36O4.C3H8/c1-12-10-18(21)15(4)23-19(12)22-13(2)8-9-16-11-17(16)14(3)24-20(5,6)7;1-3-2/h12-13,15-19,21H,3,8-11H2,1-2,4-7H3;3H2,1-2H3/t12-,13-,15+,16?,17?,18?,19?;/m1./s1. The third-order valence-electron chi connectivity index (χ3n) is 5.05. The van der Waals surface area contributed by atoms with E-state index in [1.807, 2.05) is 6.92 Å². The van der Waals surface area contributed by atoms with E-state index in [0.29, 0.717) is 11.8 Å². The van der Waals surface area contributed by atoms with Crippen LogP contribution in [0.4, 0.5) is 0 Å². The summed E-state index contributed by atoms with van der Waals surface area (Å²) in [5.41, 5.74) is -0.156. The monoisotopic (exact) mass is 384 g/mol. The van der Waals surface area contributed by atoms with Crippen molar-refractivity contribution in [3.8, 4) is 0 Å². The Morgan fingerprint density at radius 1 is 1.22 bits per heavy atom. The molecule has 160 valence electrons. The summed E-state index contributed by atoms with van der Waals surface area (Å²) in [6.07, 6.45) is 4.77. The maximum Gasteiger partial charge on any atom is 0.161 e. The molecular weight excluding hydrogens is 340 g/mol. The molecule has 0 aromatic rings. The van der Waals surface area contributed by atoms with Gasteiger partial charge in [-0.3, -0.25) is 0 Å². The normalized spacial score (nSPS) is 34.3. The number of aliphatic hydroxyl groups excluding tert-OH is 1. The van der Waals surface area contributed by atoms with Gasteiger partial charge in [0.05, 0.1) is 24.1 Å². The maximum atomic E-state index is 9.85. The molecule has 0 radical (unpaired) electrons. The Kier molecular flexibility index (Phi) is 9.81. The molecule has 0 aromatic carbocycles. The number of ether oxygens (including phenoxy) is 3. The minimum absolute atomic E-state index is 0.149. The molecule has 2 fully saturated rings. The van der Waals surface area contributed by atoms with Gasteiger partial charge in [-0.15, -0.1) is 0 Å². The summed E-state index contributed by atoms with van der Waals surface area (Å²) < 4.78 is 17.8. The summed E-state index contributed by atoms with van der Waals surface area (Å²) in [6, 6.07) is 0. The lowest BCUT2D eigenvalue weighted by Gasteiger charge is -2.37. The first-order chi connectivity index (χ1) is 12.5. The van der Waals surface area contributed by atoms with Crippen LogP contribution in [0.3, 0.4) is 0 Å². The van der Waals surface area contributed by atoms with E-state index in [0.717, 1.165) is 25.0 Å². The number of hydrogen-bond acceptors (Lipinski definition) is 4. The third-order valence-corrected chi connectivity index (χ3v) is 5.05. The van der Waals surface area contributed by atoms with Crippen LogP contribution in [0.25, 0.3) is 0 Å². The van der Waals surface area contributed by atoms with Crippen molar-refractivity contribution in [3.63, 3.8) is 0 Å². The van der Waals surface area contributed by atoms with Crippen LogP contribution in [0.2, 0.25) is 0 Å². The van der Waals surface area contributed by atoms with E-state index < -0.39 is 0 Å². The summed E-state index contributed by atoms with van der Waals surface area (Å²) in [6.45, 7) is 20.6. The van der Waals surface area contributed by atoms with E-state index in [1.54, 1.807) is 0 Å². The third kappa shape index (κ3) is 8.97. The summed E-state index contributed by atoms with van der Waals surface area (Å²) in [7, 11) is 0. The second-order valence-corrected chi connectivity index (χ2v) is 9.50. The Morgan fingerprint density at radius 2 is 1.81 bits per heavy atom. The lowest BCUT2D eigenvalue weighted by molar-refractivity contribution is -0.255. The van der Waals surface area contributed by atoms with Crippen molar-refractivity contribution in [2.45, 2.75) is 118 Å². The number of allylic oxidation sites excluding steroid dienone is 1. The fourth-order valence-electron chi connectivity index (χ4n) is 3.46. The zero-order valence-electron chi connectivity index (χ0n) is 19.0. The summed E-state index contributed by atoms with van der Waals surface area (Å²) in [5.74, 6) is 2.35. The largest absolute Gasteiger partial charge is 0.493 e. The fraction of sp³-hybridized carbons (Fsp3) is 0.913. The lowest BCUT2D eigenvalue weighted by Crippen LogP contribution is -2.44. The lowest BCUT2D eigenvalue weighted by atomic mass is 9.96. The molecule has 0 amide bonds. The van der Waals surface area contributed by atoms with Crippen molar-refractivity contribution in [3.05, 3.63) is 12.3 Å². The van der Waals surface area contributed by atoms with E-state index in [4.69, 9.17) is 14.2 Å². The van der Waals surface area contributed by atoms with E-state index >= 15 is 0 Å². The quantitative estimate of drug-likeness (QED) is 0.573. The summed E-state index contributed by atoms with van der Waals surface area (Å²) >= 11 is 0. The van der Waals surface area contributed by atoms with Crippen LogP contribution in [0, 0.1) is 17.8 Å². The van der Waals surface area contributed by atoms with E-state index in [1.165, 1.54) is 12.8 Å². The predicted octanol–water partition coefficient (Wildman–Crippen LogP) is 5.68. The van der Waals surface area contributed by atoms with Crippen LogP contribution in [0.5, 0.6) is 0 Å². The molecule has 0 bridgehead atoms. The van der Waals surface area contributed by atoms with Gasteiger partial charge in [-0.1, -0.05) is 33.8 Å². The van der Waals surface area contributed by atoms with Crippen LogP contribution in [0.15, 0.2) is 12.3 Å². The molecule has 2 rings (SSSR count). The molecule has 1 saturated heterocycles. The molecule has 0 spiro atoms. The van der Waals surface area contributed by atoms with E-state index in [-0.39, 0.29) is 36.1 Å². The molecule has 1 aliphatic carbocycles. The number of hydrogen-bond donors (Lipinski definition) is 1. The second kappa shape index (κ2) is 10.8. The van der Waals surface area contributed by atoms with Gasteiger partial charge < -0.3 is 19.3 Å². The first-order valence-corrected chi connectivity index (χ1v) is 10.8. The number of rotatable bonds is 7. The molecule has 1 heterocycles. The molecule has 4 heteroatoms. The van der Waals surface area contributed by atoms with Crippen molar-refractivity contribution < 1.29 is 19.3 Å². The van der Waals surface area contributed by atoms with Gasteiger partial charge in [0.15, 0.2) is 6.29 Å². The first-order valence-electron chi connectivity index (χ1n) is 10.8. The highest BCUT2D eigenvalue weighted by atomic mass is 16.7. The summed E-state index contributed by atoms with van der Waals surface area (Å²) in [5, 5.41) is 9.85. The Bertz CT molecular complexity index is 442. The van der Waals surface area contributed by atoms with Gasteiger partial charge in [0.25, 0.3) is 0 Å². The van der Waals surface area contributed by atoms with Crippen molar-refractivity contribution in [2.75, 3.05) is 0 Å². The second-order valence-electron chi connectivity index (χ2n) is 9.50. The van der Waals surface area contributed by atoms with Crippen LogP contribution >= 0.6 is 0 Å². The molecular formula is C23H44O4. The highest BCUT2D eigenvalue weighted by Crippen LogP contribution is 2.48. The molecule has 1 saturated carbocycles. The average Bonchev–Trinajstić information content (AvgIpc) is 3.29. The first kappa shape index (κ1) is 24.5. The Morgan fingerprint density at radius 3 is 2.37 bits per heavy atom. The average molecular weight is 385 g/mol. The topological polar surface area (TPSA) is 47.9 Å². The molecule has 2 aliphatic rings. The van der Waals surface area contributed by atoms with Crippen LogP contribution in [0.1, 0.15) is 87.5 Å². The van der Waals surface area contributed by atoms with Gasteiger partial charge in [0.2, 0.25) is 0 Å². The molecule has 7 atom stereocenters. The van der Waals surface area contributed by atoms with Crippen molar-refractivity contribution in [2.24, 2.45) is 17.8 Å². The summed E-state index contributed by atoms with van der Waals surface area (Å²) in [4.78, 5) is 0. The Balaban J connectivity index is 0.00000114. The minimum atomic E-state index is -0.379. The molecule has 0 aromatic heterocycles. The van der Waals surface area contributed by atoms with Gasteiger partial charge >= 0.3 is 0 Å². The van der Waals surface area contributed by atoms with Gasteiger partial charge in [-0.2, -0.15) is 0 Å². The van der Waals surface area contributed by atoms with E-state index in [9.17, 15) is 5.11 Å². The van der Waals surface area contributed by atoms with Gasteiger partial charge in [-0.05, 0) is 66.2 Å². The smallest absolute Gasteiger partial charge is 0.161 e. The minimum Gasteiger partial charge on any atom is -0.493 e. The molecule has 4 unspecified atom stereocenters. The Hall–Kier alpha value is -0.580. The molecule has 4 nitrogen and oxygen atoms in total. The van der Waals surface area contributed by atoms with Crippen LogP contribution in [-0.4, -0.2) is 35.3 Å². The van der Waals surface area contributed by atoms with Gasteiger partial charge in [0, 0.05) is 11.8 Å². The van der Waals surface area contributed by atoms with Crippen molar-refractivity contribution in [1.29, 1.82) is 0 Å². The number of aliphatic hydroxyl groups is 1. The zero-order valence-corrected chi connectivity index (χ0v) is 19.0. The highest BCUT2D eigenvalue weighted by Gasteiger charge is 2.41. The maximum absolute atomic E-state index is 9.85. The highest BCUT2D eigenvalue weighted by molar-refractivity contribution is 5.06. The SMILES string of the molecule is C=C(OC(C)(C)C)C1CC1CC[C@@H](C)OC1O[C@@H](C)C(O)C[C@H]1C.CCC. The zero-order chi connectivity index (χ0) is 20.8. The van der Waals surface area contributed by atoms with Crippen LogP contribution in [-0.2, 0) is 14.2 Å². The van der Waals surface area contributed by atoms with Crippen molar-refractivity contribution >= 4 is 0 Å². The van der Waals surface area contributed by atoms with E-state index in [2.05, 4.69) is 55.0 Å². The predicted molar refractivity (Wildman–Crippen MR) is 111 cm³/mol. The fourth-order valence-corrected chi connectivity index (χ4v) is 3.46.